The third-order valence-electron chi connectivity index (χ3n) is 3.71. The average Bonchev–Trinajstić information content (AvgIpc) is 2.87. The fraction of sp³-hybridized carbons (Fsp3) is 0.846. The molecule has 0 aliphatic carbocycles. The van der Waals surface area contributed by atoms with Gasteiger partial charge in [-0.15, -0.1) is 0 Å². The van der Waals surface area contributed by atoms with Crippen LogP contribution in [0.1, 0.15) is 58.7 Å². The lowest BCUT2D eigenvalue weighted by Gasteiger charge is -2.22. The molecule has 18 heavy (non-hydrogen) atoms. The van der Waals surface area contributed by atoms with Crippen molar-refractivity contribution >= 4 is 0 Å². The van der Waals surface area contributed by atoms with Gasteiger partial charge in [-0.2, -0.15) is 4.98 Å². The summed E-state index contributed by atoms with van der Waals surface area (Å²) in [5.74, 6) is 1.47. The van der Waals surface area contributed by atoms with Gasteiger partial charge < -0.3 is 14.6 Å². The Hall–Kier alpha value is -0.940. The Morgan fingerprint density at radius 2 is 2.06 bits per heavy atom. The first-order valence-electron chi connectivity index (χ1n) is 6.61. The maximum Gasteiger partial charge on any atom is 0.231 e. The first-order valence-corrected chi connectivity index (χ1v) is 6.61. The molecular weight excluding hydrogens is 230 g/mol. The number of nitrogens with zero attached hydrogens (tertiary/aromatic N) is 2. The van der Waals surface area contributed by atoms with Crippen molar-refractivity contribution in [2.45, 2.75) is 58.6 Å². The second-order valence-corrected chi connectivity index (χ2v) is 4.88. The lowest BCUT2D eigenvalue weighted by Crippen LogP contribution is -2.31. The minimum absolute atomic E-state index is 0.184. The molecule has 0 aliphatic heterocycles. The Kier molecular flexibility index (Phi) is 5.28. The molecule has 1 heterocycles. The van der Waals surface area contributed by atoms with Crippen LogP contribution in [0.25, 0.3) is 0 Å². The monoisotopic (exact) mass is 255 g/mol. The Balaban J connectivity index is 2.86. The van der Waals surface area contributed by atoms with Crippen LogP contribution in [0.3, 0.4) is 0 Å². The van der Waals surface area contributed by atoms with E-state index < -0.39 is 5.60 Å². The molecule has 1 rings (SSSR count). The average molecular weight is 255 g/mol. The van der Waals surface area contributed by atoms with Crippen LogP contribution >= 0.6 is 0 Å². The summed E-state index contributed by atoms with van der Waals surface area (Å²) in [6, 6.07) is 0.304. The van der Waals surface area contributed by atoms with Gasteiger partial charge in [-0.25, -0.2) is 0 Å². The van der Waals surface area contributed by atoms with E-state index in [9.17, 15) is 0 Å². The number of ether oxygens (including phenoxy) is 1. The summed E-state index contributed by atoms with van der Waals surface area (Å²) in [6.45, 7) is 11.2. The molecule has 0 fully saturated rings. The van der Waals surface area contributed by atoms with E-state index in [1.54, 1.807) is 7.11 Å². The summed E-state index contributed by atoms with van der Waals surface area (Å²) in [7, 11) is 1.67. The van der Waals surface area contributed by atoms with Gasteiger partial charge in [-0.1, -0.05) is 25.9 Å². The van der Waals surface area contributed by atoms with Gasteiger partial charge >= 0.3 is 0 Å². The molecule has 0 saturated heterocycles. The third kappa shape index (κ3) is 3.09. The van der Waals surface area contributed by atoms with Gasteiger partial charge in [0.15, 0.2) is 0 Å². The van der Waals surface area contributed by atoms with Gasteiger partial charge in [0.2, 0.25) is 11.7 Å². The van der Waals surface area contributed by atoms with E-state index >= 15 is 0 Å². The predicted octanol–water partition coefficient (Wildman–Crippen LogP) is 2.44. The normalized spacial score (nSPS) is 18.3. The summed E-state index contributed by atoms with van der Waals surface area (Å²) in [5, 5.41) is 7.42. The quantitative estimate of drug-likeness (QED) is 0.811. The molecule has 0 saturated carbocycles. The molecule has 0 bridgehead atoms. The maximum absolute atomic E-state index is 5.47. The van der Waals surface area contributed by atoms with Crippen LogP contribution < -0.4 is 5.32 Å². The fourth-order valence-corrected chi connectivity index (χ4v) is 1.74. The number of hydrogen-bond acceptors (Lipinski definition) is 5. The van der Waals surface area contributed by atoms with Crippen molar-refractivity contribution in [2.75, 3.05) is 13.7 Å². The molecule has 1 aromatic rings. The lowest BCUT2D eigenvalue weighted by molar-refractivity contribution is -0.0106. The molecule has 1 N–H and O–H groups in total. The van der Waals surface area contributed by atoms with Gasteiger partial charge in [0.05, 0.1) is 5.92 Å². The first kappa shape index (κ1) is 15.1. The van der Waals surface area contributed by atoms with Gasteiger partial charge in [0.25, 0.3) is 0 Å². The van der Waals surface area contributed by atoms with Crippen LogP contribution in [-0.2, 0) is 10.3 Å². The number of aromatic nitrogens is 2. The summed E-state index contributed by atoms with van der Waals surface area (Å²) in [6.07, 6.45) is 0.805. The molecule has 3 atom stereocenters. The molecule has 0 aromatic carbocycles. The van der Waals surface area contributed by atoms with E-state index in [4.69, 9.17) is 9.26 Å². The molecule has 104 valence electrons. The zero-order valence-corrected chi connectivity index (χ0v) is 12.3. The first-order chi connectivity index (χ1) is 8.48. The zero-order valence-electron chi connectivity index (χ0n) is 12.3. The highest BCUT2D eigenvalue weighted by atomic mass is 16.5. The van der Waals surface area contributed by atoms with Crippen molar-refractivity contribution in [3.63, 3.8) is 0 Å². The molecule has 0 aliphatic rings. The molecule has 5 heteroatoms. The minimum Gasteiger partial charge on any atom is -0.370 e. The highest BCUT2D eigenvalue weighted by Crippen LogP contribution is 2.27. The standard InChI is InChI=1S/C13H25N3O2/c1-7-13(5,17-6)12-15-11(18-16-12)9(3)10(4)14-8-2/h9-10,14H,7-8H2,1-6H3. The van der Waals surface area contributed by atoms with Crippen LogP contribution in [0.5, 0.6) is 0 Å². The summed E-state index contributed by atoms with van der Waals surface area (Å²) < 4.78 is 10.8. The number of methoxy groups -OCH3 is 1. The van der Waals surface area contributed by atoms with Crippen molar-refractivity contribution in [1.82, 2.24) is 15.5 Å². The molecule has 5 nitrogen and oxygen atoms in total. The summed E-state index contributed by atoms with van der Waals surface area (Å²) >= 11 is 0. The van der Waals surface area contributed by atoms with Gasteiger partial charge in [-0.3, -0.25) is 0 Å². The van der Waals surface area contributed by atoms with E-state index in [-0.39, 0.29) is 5.92 Å². The highest BCUT2D eigenvalue weighted by molar-refractivity contribution is 5.03. The Morgan fingerprint density at radius 3 is 2.56 bits per heavy atom. The van der Waals surface area contributed by atoms with Crippen molar-refractivity contribution < 1.29 is 9.26 Å². The summed E-state index contributed by atoms with van der Waals surface area (Å²) in [5.41, 5.74) is -0.469. The smallest absolute Gasteiger partial charge is 0.231 e. The molecular formula is C13H25N3O2. The lowest BCUT2D eigenvalue weighted by atomic mass is 10.0. The molecule has 3 unspecified atom stereocenters. The second kappa shape index (κ2) is 6.29. The zero-order chi connectivity index (χ0) is 13.8. The topological polar surface area (TPSA) is 60.2 Å². The van der Waals surface area contributed by atoms with Gasteiger partial charge in [-0.05, 0) is 26.8 Å². The van der Waals surface area contributed by atoms with E-state index in [0.29, 0.717) is 17.8 Å². The number of hydrogen-bond donors (Lipinski definition) is 1. The minimum atomic E-state index is -0.469. The van der Waals surface area contributed by atoms with E-state index in [2.05, 4.69) is 36.2 Å². The van der Waals surface area contributed by atoms with Crippen molar-refractivity contribution in [3.8, 4) is 0 Å². The number of nitrogens with one attached hydrogen (secondary N) is 1. The van der Waals surface area contributed by atoms with Crippen LogP contribution in [0, 0.1) is 0 Å². The predicted molar refractivity (Wildman–Crippen MR) is 70.5 cm³/mol. The van der Waals surface area contributed by atoms with Crippen molar-refractivity contribution in [1.29, 1.82) is 0 Å². The van der Waals surface area contributed by atoms with E-state index in [1.807, 2.05) is 13.8 Å². The van der Waals surface area contributed by atoms with Crippen molar-refractivity contribution in [2.24, 2.45) is 0 Å². The van der Waals surface area contributed by atoms with E-state index in [1.165, 1.54) is 0 Å². The van der Waals surface area contributed by atoms with Crippen LogP contribution in [0.15, 0.2) is 4.52 Å². The third-order valence-corrected chi connectivity index (χ3v) is 3.71. The number of rotatable bonds is 7. The molecule has 0 amide bonds. The number of likely N-dealkylation sites (N-methyl/N-ethyl adjacent to an activating group) is 1. The van der Waals surface area contributed by atoms with Gasteiger partial charge in [0, 0.05) is 13.2 Å². The SMILES string of the molecule is CCNC(C)C(C)c1nc(C(C)(CC)OC)no1. The summed E-state index contributed by atoms with van der Waals surface area (Å²) in [4.78, 5) is 4.48. The van der Waals surface area contributed by atoms with Crippen molar-refractivity contribution in [3.05, 3.63) is 11.7 Å². The van der Waals surface area contributed by atoms with Crippen LogP contribution in [0.4, 0.5) is 0 Å². The van der Waals surface area contributed by atoms with E-state index in [0.717, 1.165) is 13.0 Å². The fourth-order valence-electron chi connectivity index (χ4n) is 1.74. The Bertz CT molecular complexity index is 361. The highest BCUT2D eigenvalue weighted by Gasteiger charge is 2.31. The second-order valence-electron chi connectivity index (χ2n) is 4.88. The molecule has 0 radical (unpaired) electrons. The molecule has 0 spiro atoms. The van der Waals surface area contributed by atoms with Crippen LogP contribution in [0.2, 0.25) is 0 Å². The largest absolute Gasteiger partial charge is 0.370 e. The molecule has 1 aromatic heterocycles. The van der Waals surface area contributed by atoms with Crippen LogP contribution in [-0.4, -0.2) is 29.8 Å². The Morgan fingerprint density at radius 1 is 1.39 bits per heavy atom. The Labute approximate surface area is 109 Å². The maximum atomic E-state index is 5.47. The van der Waals surface area contributed by atoms with Gasteiger partial charge in [0.1, 0.15) is 5.60 Å².